The van der Waals surface area contributed by atoms with Crippen LogP contribution >= 0.6 is 22.6 Å². The Labute approximate surface area is 207 Å². The number of hydrogen-bond donors (Lipinski definition) is 0. The molecule has 31 heavy (non-hydrogen) atoms. The Balaban J connectivity index is 1.79. The fourth-order valence-corrected chi connectivity index (χ4v) is 4.33. The lowest BCUT2D eigenvalue weighted by Crippen LogP contribution is -2.25. The molecule has 0 aromatic heterocycles. The summed E-state index contributed by atoms with van der Waals surface area (Å²) >= 11 is 2.22. The Morgan fingerprint density at radius 2 is 1.55 bits per heavy atom. The zero-order chi connectivity index (χ0) is 25.8. The first-order valence-corrected chi connectivity index (χ1v) is 11.8. The maximum atomic E-state index is 8.77. The number of benzene rings is 3. The predicted molar refractivity (Wildman–Crippen MR) is 139 cm³/mol. The number of rotatable bonds is 8. The van der Waals surface area contributed by atoms with Crippen molar-refractivity contribution in [1.29, 1.82) is 0 Å². The normalized spacial score (nSPS) is 18.3. The molecule has 2 nitrogen and oxygen atoms in total. The molecule has 0 spiro atoms. The van der Waals surface area contributed by atoms with Gasteiger partial charge in [0, 0.05) is 17.0 Å². The van der Waals surface area contributed by atoms with Crippen LogP contribution in [-0.2, 0) is 0 Å². The zero-order valence-corrected chi connectivity index (χ0v) is 19.6. The highest BCUT2D eigenvalue weighted by molar-refractivity contribution is 14.1. The molecule has 0 radical (unpaired) electrons. The third-order valence-corrected chi connectivity index (χ3v) is 6.31. The van der Waals surface area contributed by atoms with E-state index in [4.69, 9.17) is 11.6 Å². The highest BCUT2D eigenvalue weighted by Crippen LogP contribution is 2.35. The minimum absolute atomic E-state index is 0.145. The van der Waals surface area contributed by atoms with Crippen LogP contribution in [0.3, 0.4) is 0 Å². The molecule has 3 aromatic carbocycles. The minimum Gasteiger partial charge on any atom is -0.492 e. The van der Waals surface area contributed by atoms with Crippen molar-refractivity contribution in [2.45, 2.75) is 26.1 Å². The number of ether oxygens (including phenoxy) is 1. The summed E-state index contributed by atoms with van der Waals surface area (Å²) in [7, 11) is 0. The molecule has 1 heterocycles. The maximum Gasteiger partial charge on any atom is 0.119 e. The molecule has 1 fully saturated rings. The van der Waals surface area contributed by atoms with Gasteiger partial charge in [-0.1, -0.05) is 61.4 Å². The quantitative estimate of drug-likeness (QED) is 0.228. The van der Waals surface area contributed by atoms with Crippen molar-refractivity contribution in [3.63, 3.8) is 0 Å². The van der Waals surface area contributed by atoms with Gasteiger partial charge in [-0.15, -0.1) is 0 Å². The number of nitrogens with zero attached hydrogens (tertiary/aromatic N) is 1. The summed E-state index contributed by atoms with van der Waals surface area (Å²) in [4.78, 5) is 2.40. The Morgan fingerprint density at radius 1 is 0.903 bits per heavy atom. The molecular weight excluding hydrogens is 493 g/mol. The summed E-state index contributed by atoms with van der Waals surface area (Å²) in [5, 5.41) is 0. The van der Waals surface area contributed by atoms with E-state index < -0.39 is 13.2 Å². The lowest BCUT2D eigenvalue weighted by atomic mass is 9.88. The van der Waals surface area contributed by atoms with E-state index in [0.717, 1.165) is 40.1 Å². The second-order valence-corrected chi connectivity index (χ2v) is 8.92. The lowest BCUT2D eigenvalue weighted by molar-refractivity contribution is 0.238. The summed E-state index contributed by atoms with van der Waals surface area (Å²) in [6, 6.07) is 24.2. The number of hydrogen-bond acceptors (Lipinski definition) is 2. The fraction of sp³-hybridized carbons (Fsp3) is 0.286. The Kier molecular flexibility index (Phi) is 5.84. The van der Waals surface area contributed by atoms with Gasteiger partial charge in [-0.3, -0.25) is 4.90 Å². The molecule has 0 unspecified atom stereocenters. The molecule has 160 valence electrons. The van der Waals surface area contributed by atoms with E-state index in [1.54, 1.807) is 24.3 Å². The first-order chi connectivity index (χ1) is 17.2. The Hall–Kier alpha value is -2.11. The van der Waals surface area contributed by atoms with Crippen molar-refractivity contribution < 1.29 is 11.6 Å². The van der Waals surface area contributed by atoms with Crippen LogP contribution in [0.5, 0.6) is 5.75 Å². The van der Waals surface area contributed by atoms with Gasteiger partial charge < -0.3 is 4.74 Å². The SMILES string of the molecule is [2H]C([2H])([2H])C([2H])([2H])/C(=C(/c1ccc(I)cc1)c1ccc(OCCN2CCCC2)cc1)c1ccccc1. The van der Waals surface area contributed by atoms with Crippen molar-refractivity contribution in [3.05, 3.63) is 99.1 Å². The number of likely N-dealkylation sites (tertiary alicyclic amines) is 1. The van der Waals surface area contributed by atoms with Crippen LogP contribution in [0.1, 0.15) is 49.6 Å². The summed E-state index contributed by atoms with van der Waals surface area (Å²) in [6.45, 7) is 0.897. The standard InChI is InChI=1S/C28H30INO/c1-2-27(22-8-4-3-5-9-22)28(23-10-14-25(29)15-11-23)24-12-16-26(17-13-24)31-21-20-30-18-6-7-19-30/h3-5,8-17H,2,6-7,18-21H2,1H3/b28-27+/i1D3,2D2. The summed E-state index contributed by atoms with van der Waals surface area (Å²) in [5.41, 5.74) is 2.73. The van der Waals surface area contributed by atoms with Gasteiger partial charge in [0.2, 0.25) is 0 Å². The van der Waals surface area contributed by atoms with Gasteiger partial charge in [0.1, 0.15) is 12.4 Å². The van der Waals surface area contributed by atoms with Gasteiger partial charge in [0.25, 0.3) is 0 Å². The number of halogens is 1. The molecule has 1 saturated heterocycles. The Morgan fingerprint density at radius 3 is 2.19 bits per heavy atom. The van der Waals surface area contributed by atoms with Crippen molar-refractivity contribution in [3.8, 4) is 5.75 Å². The molecule has 4 rings (SSSR count). The third-order valence-electron chi connectivity index (χ3n) is 5.59. The van der Waals surface area contributed by atoms with Crippen molar-refractivity contribution >= 4 is 33.7 Å². The molecule has 3 heteroatoms. The second-order valence-electron chi connectivity index (χ2n) is 7.67. The van der Waals surface area contributed by atoms with Crippen LogP contribution in [0.25, 0.3) is 11.1 Å². The molecule has 0 amide bonds. The predicted octanol–water partition coefficient (Wildman–Crippen LogP) is 7.13. The van der Waals surface area contributed by atoms with Gasteiger partial charge >= 0.3 is 0 Å². The Bertz CT molecular complexity index is 1170. The zero-order valence-electron chi connectivity index (χ0n) is 22.5. The monoisotopic (exact) mass is 528 g/mol. The molecular formula is C28H30INO. The largest absolute Gasteiger partial charge is 0.492 e. The third kappa shape index (κ3) is 5.78. The smallest absolute Gasteiger partial charge is 0.119 e. The van der Waals surface area contributed by atoms with Crippen molar-refractivity contribution in [2.24, 2.45) is 0 Å². The highest BCUT2D eigenvalue weighted by Gasteiger charge is 2.14. The molecule has 0 aliphatic carbocycles. The van der Waals surface area contributed by atoms with E-state index in [1.807, 2.05) is 54.6 Å². The van der Waals surface area contributed by atoms with E-state index in [0.29, 0.717) is 17.7 Å². The number of allylic oxidation sites excluding steroid dienone is 1. The van der Waals surface area contributed by atoms with Crippen LogP contribution < -0.4 is 4.74 Å². The van der Waals surface area contributed by atoms with Gasteiger partial charge in [0.15, 0.2) is 0 Å². The summed E-state index contributed by atoms with van der Waals surface area (Å²) < 4.78 is 48.7. The fourth-order valence-electron chi connectivity index (χ4n) is 3.97. The molecule has 1 aliphatic heterocycles. The van der Waals surface area contributed by atoms with E-state index in [-0.39, 0.29) is 5.57 Å². The average Bonchev–Trinajstić information content (AvgIpc) is 3.37. The van der Waals surface area contributed by atoms with E-state index >= 15 is 0 Å². The van der Waals surface area contributed by atoms with E-state index in [9.17, 15) is 0 Å². The maximum absolute atomic E-state index is 8.77. The molecule has 3 aromatic rings. The molecule has 0 atom stereocenters. The van der Waals surface area contributed by atoms with Crippen molar-refractivity contribution in [1.82, 2.24) is 4.90 Å². The first-order valence-electron chi connectivity index (χ1n) is 13.2. The van der Waals surface area contributed by atoms with Crippen LogP contribution in [0.15, 0.2) is 78.9 Å². The van der Waals surface area contributed by atoms with Gasteiger partial charge in [-0.2, -0.15) is 0 Å². The van der Waals surface area contributed by atoms with Crippen molar-refractivity contribution in [2.75, 3.05) is 26.2 Å². The van der Waals surface area contributed by atoms with Gasteiger partial charge in [-0.25, -0.2) is 0 Å². The lowest BCUT2D eigenvalue weighted by Gasteiger charge is -2.17. The second kappa shape index (κ2) is 11.0. The van der Waals surface area contributed by atoms with Gasteiger partial charge in [-0.05, 0) is 107 Å². The van der Waals surface area contributed by atoms with Crippen LogP contribution in [0.4, 0.5) is 0 Å². The minimum atomic E-state index is -2.86. The van der Waals surface area contributed by atoms with Gasteiger partial charge in [0.05, 0.1) is 0 Å². The van der Waals surface area contributed by atoms with Crippen LogP contribution in [0.2, 0.25) is 0 Å². The van der Waals surface area contributed by atoms with Crippen LogP contribution in [0, 0.1) is 3.57 Å². The molecule has 1 aliphatic rings. The highest BCUT2D eigenvalue weighted by atomic mass is 127. The van der Waals surface area contributed by atoms with E-state index in [1.165, 1.54) is 12.8 Å². The molecule has 0 bridgehead atoms. The summed E-state index contributed by atoms with van der Waals surface area (Å²) in [6.07, 6.45) is -0.0940. The molecule has 0 N–H and O–H groups in total. The average molecular weight is 528 g/mol. The summed E-state index contributed by atoms with van der Waals surface area (Å²) in [5.74, 6) is 0.736. The molecule has 0 saturated carbocycles. The topological polar surface area (TPSA) is 12.5 Å². The van der Waals surface area contributed by atoms with E-state index in [2.05, 4.69) is 27.5 Å². The van der Waals surface area contributed by atoms with Crippen LogP contribution in [-0.4, -0.2) is 31.1 Å². The first kappa shape index (κ1) is 16.5.